The molecule has 52 heavy (non-hydrogen) atoms. The Morgan fingerprint density at radius 2 is 0.827 bits per heavy atom. The van der Waals surface area contributed by atoms with E-state index < -0.39 is 65.4 Å². The lowest BCUT2D eigenvalue weighted by molar-refractivity contribution is -0.165. The van der Waals surface area contributed by atoms with Crippen LogP contribution in [0.5, 0.6) is 0 Å². The summed E-state index contributed by atoms with van der Waals surface area (Å²) in [5.74, 6) is -5.30. The molecule has 0 bridgehead atoms. The molecule has 0 amide bonds. The van der Waals surface area contributed by atoms with Crippen LogP contribution < -0.4 is 0 Å². The number of rotatable bonds is 35. The van der Waals surface area contributed by atoms with E-state index in [-0.39, 0.29) is 46.2 Å². The molecule has 0 spiro atoms. The quantitative estimate of drug-likeness (QED) is 0.0658. The summed E-state index contributed by atoms with van der Waals surface area (Å²) in [4.78, 5) is 52.3. The molecule has 0 fully saturated rings. The first-order valence-electron chi connectivity index (χ1n) is 17.2. The van der Waals surface area contributed by atoms with Crippen molar-refractivity contribution in [3.63, 3.8) is 0 Å². The van der Waals surface area contributed by atoms with Gasteiger partial charge < -0.3 is 58.3 Å². The summed E-state index contributed by atoms with van der Waals surface area (Å²) < 4.78 is 42.9. The van der Waals surface area contributed by atoms with E-state index in [1.807, 2.05) is 0 Å². The molecule has 0 aliphatic carbocycles. The average molecular weight is 757 g/mol. The van der Waals surface area contributed by atoms with Crippen molar-refractivity contribution in [1.82, 2.24) is 9.80 Å². The van der Waals surface area contributed by atoms with E-state index in [0.717, 1.165) is 0 Å². The summed E-state index contributed by atoms with van der Waals surface area (Å²) in [6, 6.07) is -2.86. The van der Waals surface area contributed by atoms with Crippen molar-refractivity contribution in [2.45, 2.75) is 59.2 Å². The molecule has 0 rings (SSSR count). The minimum atomic E-state index is -1.44. The molecular weight excluding hydrogens is 692 g/mol. The Labute approximate surface area is 307 Å². The van der Waals surface area contributed by atoms with Gasteiger partial charge in [0.25, 0.3) is 0 Å². The van der Waals surface area contributed by atoms with Crippen molar-refractivity contribution in [1.29, 1.82) is 0 Å². The predicted octanol–water partition coefficient (Wildman–Crippen LogP) is 0.889. The Kier molecular flexibility index (Phi) is 25.0. The number of carboxylic acid groups (broad SMARTS) is 4. The van der Waals surface area contributed by atoms with Crippen LogP contribution in [0.4, 0.5) is 0 Å². The molecule has 18 heteroatoms. The minimum absolute atomic E-state index is 0.0836. The molecule has 0 saturated carbocycles. The van der Waals surface area contributed by atoms with Crippen LogP contribution in [0.15, 0.2) is 0 Å². The Morgan fingerprint density at radius 1 is 0.500 bits per heavy atom. The van der Waals surface area contributed by atoms with Gasteiger partial charge in [0.15, 0.2) is 0 Å². The van der Waals surface area contributed by atoms with Crippen LogP contribution in [-0.2, 0) is 57.1 Å². The SMILES string of the molecule is COCCOCCOCCOCC(C)(C)C(C(=O)O)N(CC(=O)O)CC(C)(C)N(CC(=O)O)C(C(=O)O)C(C)(C)COCCOCCOCCOC. The third-order valence-corrected chi connectivity index (χ3v) is 7.94. The van der Waals surface area contributed by atoms with Gasteiger partial charge in [-0.25, -0.2) is 0 Å². The number of carboxylic acids is 4. The normalized spacial score (nSPS) is 13.8. The molecule has 0 heterocycles. The second kappa shape index (κ2) is 26.3. The molecule has 18 nitrogen and oxygen atoms in total. The van der Waals surface area contributed by atoms with E-state index in [0.29, 0.717) is 52.9 Å². The fourth-order valence-corrected chi connectivity index (χ4v) is 5.67. The number of nitrogens with zero attached hydrogens (tertiary/aromatic N) is 2. The van der Waals surface area contributed by atoms with Crippen molar-refractivity contribution >= 4 is 23.9 Å². The number of aliphatic carboxylic acids is 4. The summed E-state index contributed by atoms with van der Waals surface area (Å²) >= 11 is 0. The van der Waals surface area contributed by atoms with Crippen LogP contribution in [0, 0.1) is 10.8 Å². The van der Waals surface area contributed by atoms with E-state index in [9.17, 15) is 39.6 Å². The third kappa shape index (κ3) is 20.6. The number of methoxy groups -OCH3 is 2. The summed E-state index contributed by atoms with van der Waals surface area (Å²) in [6.45, 7) is 11.5. The fourth-order valence-electron chi connectivity index (χ4n) is 5.67. The van der Waals surface area contributed by atoms with E-state index in [4.69, 9.17) is 37.9 Å². The Balaban J connectivity index is 5.86. The highest BCUT2D eigenvalue weighted by Gasteiger charge is 2.49. The monoisotopic (exact) mass is 756 g/mol. The maximum absolute atomic E-state index is 12.9. The number of ether oxygens (including phenoxy) is 8. The Morgan fingerprint density at radius 3 is 1.15 bits per heavy atom. The predicted molar refractivity (Wildman–Crippen MR) is 187 cm³/mol. The van der Waals surface area contributed by atoms with E-state index in [1.165, 1.54) is 9.80 Å². The molecule has 2 unspecified atom stereocenters. The molecule has 4 N–H and O–H groups in total. The first-order valence-corrected chi connectivity index (χ1v) is 17.2. The molecule has 0 aliphatic heterocycles. The fraction of sp³-hybridized carbons (Fsp3) is 0.882. The molecule has 0 aromatic carbocycles. The lowest BCUT2D eigenvalue weighted by Crippen LogP contribution is -2.66. The second-order valence-electron chi connectivity index (χ2n) is 14.1. The van der Waals surface area contributed by atoms with Gasteiger partial charge in [0.1, 0.15) is 12.1 Å². The summed E-state index contributed by atoms with van der Waals surface area (Å²) in [5, 5.41) is 40.6. The summed E-state index contributed by atoms with van der Waals surface area (Å²) in [7, 11) is 3.14. The highest BCUT2D eigenvalue weighted by molar-refractivity contribution is 5.77. The van der Waals surface area contributed by atoms with Crippen LogP contribution in [0.1, 0.15) is 41.5 Å². The Bertz CT molecular complexity index is 1030. The van der Waals surface area contributed by atoms with E-state index in [2.05, 4.69) is 0 Å². The molecule has 306 valence electrons. The number of hydrogen-bond donors (Lipinski definition) is 4. The molecule has 0 aromatic rings. The molecule has 0 radical (unpaired) electrons. The van der Waals surface area contributed by atoms with Crippen LogP contribution in [0.2, 0.25) is 0 Å². The van der Waals surface area contributed by atoms with Gasteiger partial charge in [-0.2, -0.15) is 0 Å². The van der Waals surface area contributed by atoms with Crippen molar-refractivity contribution in [3.8, 4) is 0 Å². The summed E-state index contributed by atoms with van der Waals surface area (Å²) in [5.41, 5.74) is -3.71. The minimum Gasteiger partial charge on any atom is -0.480 e. The van der Waals surface area contributed by atoms with Gasteiger partial charge >= 0.3 is 23.9 Å². The van der Waals surface area contributed by atoms with Gasteiger partial charge in [-0.1, -0.05) is 27.7 Å². The third-order valence-electron chi connectivity index (χ3n) is 7.94. The van der Waals surface area contributed by atoms with E-state index >= 15 is 0 Å². The first-order chi connectivity index (χ1) is 24.3. The lowest BCUT2D eigenvalue weighted by Gasteiger charge is -2.49. The molecular formula is C34H64N2O16. The van der Waals surface area contributed by atoms with Gasteiger partial charge in [-0.05, 0) is 13.8 Å². The lowest BCUT2D eigenvalue weighted by atomic mass is 9.80. The van der Waals surface area contributed by atoms with Crippen LogP contribution in [0.25, 0.3) is 0 Å². The van der Waals surface area contributed by atoms with Gasteiger partial charge in [0.05, 0.1) is 106 Å². The van der Waals surface area contributed by atoms with Crippen LogP contribution >= 0.6 is 0 Å². The van der Waals surface area contributed by atoms with Gasteiger partial charge in [-0.15, -0.1) is 0 Å². The van der Waals surface area contributed by atoms with Crippen LogP contribution in [-0.4, -0.2) is 198 Å². The maximum Gasteiger partial charge on any atom is 0.321 e. The number of carbonyl (C=O) groups is 4. The standard InChI is InChI=1S/C34H64N2O16/c1-32(2,24-51-19-17-49-15-13-47-11-9-45-7)28(30(41)42)35(21-26(37)38)23-34(5,6)36(22-27(39)40)29(31(43)44)33(3,4)25-52-20-18-50-16-14-48-12-10-46-8/h28-29H,9-25H2,1-8H3,(H,37,38)(H,39,40)(H,41,42)(H,43,44). The van der Waals surface area contributed by atoms with Crippen molar-refractivity contribution < 1.29 is 77.5 Å². The second-order valence-corrected chi connectivity index (χ2v) is 14.1. The van der Waals surface area contributed by atoms with E-state index in [1.54, 1.807) is 55.8 Å². The number of hydrogen-bond acceptors (Lipinski definition) is 14. The van der Waals surface area contributed by atoms with Crippen molar-refractivity contribution in [2.24, 2.45) is 10.8 Å². The van der Waals surface area contributed by atoms with Crippen LogP contribution in [0.3, 0.4) is 0 Å². The van der Waals surface area contributed by atoms with Crippen molar-refractivity contribution in [2.75, 3.05) is 126 Å². The molecule has 2 atom stereocenters. The zero-order valence-electron chi connectivity index (χ0n) is 32.3. The van der Waals surface area contributed by atoms with Gasteiger partial charge in [0, 0.05) is 37.1 Å². The molecule has 0 saturated heterocycles. The maximum atomic E-state index is 12.9. The Hall–Kier alpha value is -2.52. The highest BCUT2D eigenvalue weighted by Crippen LogP contribution is 2.34. The molecule has 0 aromatic heterocycles. The highest BCUT2D eigenvalue weighted by atomic mass is 16.6. The smallest absolute Gasteiger partial charge is 0.321 e. The van der Waals surface area contributed by atoms with Gasteiger partial charge in [0.2, 0.25) is 0 Å². The average Bonchev–Trinajstić information content (AvgIpc) is 3.01. The topological polar surface area (TPSA) is 230 Å². The molecule has 0 aliphatic rings. The van der Waals surface area contributed by atoms with Gasteiger partial charge in [-0.3, -0.25) is 29.0 Å². The first kappa shape index (κ1) is 49.5. The summed E-state index contributed by atoms with van der Waals surface area (Å²) in [6.07, 6.45) is 0. The zero-order chi connectivity index (χ0) is 39.8. The van der Waals surface area contributed by atoms with Crippen molar-refractivity contribution in [3.05, 3.63) is 0 Å². The largest absolute Gasteiger partial charge is 0.480 e. The zero-order valence-corrected chi connectivity index (χ0v) is 32.3.